The fraction of sp³-hybridized carbons (Fsp3) is 0.308. The summed E-state index contributed by atoms with van der Waals surface area (Å²) >= 11 is 0. The van der Waals surface area contributed by atoms with Crippen LogP contribution in [-0.4, -0.2) is 53.0 Å². The maximum Gasteiger partial charge on any atom is 0.257 e. The van der Waals surface area contributed by atoms with Crippen molar-refractivity contribution in [2.75, 3.05) is 26.3 Å². The number of rotatable bonds is 7. The monoisotopic (exact) mass is 429 g/mol. The number of aromatic nitrogens is 2. The molecule has 0 radical (unpaired) electrons. The van der Waals surface area contributed by atoms with Crippen LogP contribution in [0.3, 0.4) is 0 Å². The van der Waals surface area contributed by atoms with Crippen LogP contribution in [0.5, 0.6) is 5.75 Å². The summed E-state index contributed by atoms with van der Waals surface area (Å²) in [5.74, 6) is 3.28. The van der Waals surface area contributed by atoms with Gasteiger partial charge in [0.1, 0.15) is 18.5 Å². The van der Waals surface area contributed by atoms with E-state index in [1.54, 1.807) is 6.20 Å². The van der Waals surface area contributed by atoms with E-state index >= 15 is 0 Å². The van der Waals surface area contributed by atoms with Gasteiger partial charge in [0.25, 0.3) is 5.91 Å². The normalized spacial score (nSPS) is 15.9. The number of hydrogen-bond donors (Lipinski definition) is 0. The Morgan fingerprint density at radius 1 is 1.25 bits per heavy atom. The molecule has 6 nitrogen and oxygen atoms in total. The third kappa shape index (κ3) is 4.84. The Balaban J connectivity index is 1.46. The highest BCUT2D eigenvalue weighted by molar-refractivity contribution is 5.95. The first-order chi connectivity index (χ1) is 15.7. The number of hydrogen-bond acceptors (Lipinski definition) is 4. The lowest BCUT2D eigenvalue weighted by Gasteiger charge is -2.33. The fourth-order valence-electron chi connectivity index (χ4n) is 3.86. The highest BCUT2D eigenvalue weighted by Crippen LogP contribution is 2.20. The SMILES string of the molecule is C#Cc1cccc(OCC2CN(C(=O)c3cnn(-c4ccccc4)c3CCC)CCO2)c1. The Morgan fingerprint density at radius 2 is 2.09 bits per heavy atom. The van der Waals surface area contributed by atoms with Crippen LogP contribution >= 0.6 is 0 Å². The standard InChI is InChI=1S/C26H27N3O3/c1-3-9-25-24(17-27-29(25)21-11-6-5-7-12-21)26(30)28-14-15-31-23(18-28)19-32-22-13-8-10-20(4-2)16-22/h2,5-8,10-13,16-17,23H,3,9,14-15,18-19H2,1H3. The molecule has 164 valence electrons. The summed E-state index contributed by atoms with van der Waals surface area (Å²) in [5.41, 5.74) is 3.31. The molecule has 0 bridgehead atoms. The number of para-hydroxylation sites is 1. The number of nitrogens with zero attached hydrogens (tertiary/aromatic N) is 3. The molecule has 1 fully saturated rings. The Hall–Kier alpha value is -3.56. The maximum atomic E-state index is 13.4. The first-order valence-corrected chi connectivity index (χ1v) is 10.9. The Labute approximate surface area is 188 Å². The molecule has 0 saturated carbocycles. The summed E-state index contributed by atoms with van der Waals surface area (Å²) in [5, 5.41) is 4.53. The second-order valence-corrected chi connectivity index (χ2v) is 7.73. The lowest BCUT2D eigenvalue weighted by molar-refractivity contribution is -0.0401. The molecular formula is C26H27N3O3. The first kappa shape index (κ1) is 21.7. The van der Waals surface area contributed by atoms with Gasteiger partial charge in [0.15, 0.2) is 0 Å². The van der Waals surface area contributed by atoms with Gasteiger partial charge in [0.2, 0.25) is 0 Å². The number of terminal acetylenes is 1. The van der Waals surface area contributed by atoms with Crippen molar-refractivity contribution in [2.45, 2.75) is 25.9 Å². The van der Waals surface area contributed by atoms with Crippen molar-refractivity contribution in [3.8, 4) is 23.8 Å². The summed E-state index contributed by atoms with van der Waals surface area (Å²) in [4.78, 5) is 15.2. The molecule has 1 aromatic heterocycles. The van der Waals surface area contributed by atoms with Crippen LogP contribution in [-0.2, 0) is 11.2 Å². The molecule has 3 aromatic rings. The van der Waals surface area contributed by atoms with Crippen molar-refractivity contribution >= 4 is 5.91 Å². The second kappa shape index (κ2) is 10.2. The molecule has 0 N–H and O–H groups in total. The number of amides is 1. The molecule has 1 amide bonds. The molecule has 0 spiro atoms. The van der Waals surface area contributed by atoms with Crippen molar-refractivity contribution < 1.29 is 14.3 Å². The molecule has 6 heteroatoms. The zero-order chi connectivity index (χ0) is 22.3. The number of morpholine rings is 1. The van der Waals surface area contributed by atoms with Gasteiger partial charge in [-0.2, -0.15) is 5.10 Å². The molecule has 0 aliphatic carbocycles. The second-order valence-electron chi connectivity index (χ2n) is 7.73. The summed E-state index contributed by atoms with van der Waals surface area (Å²) in [6.45, 7) is 3.94. The van der Waals surface area contributed by atoms with Crippen molar-refractivity contribution in [1.82, 2.24) is 14.7 Å². The van der Waals surface area contributed by atoms with Crippen molar-refractivity contribution in [3.63, 3.8) is 0 Å². The summed E-state index contributed by atoms with van der Waals surface area (Å²) in [7, 11) is 0. The van der Waals surface area contributed by atoms with Gasteiger partial charge in [-0.1, -0.05) is 43.5 Å². The topological polar surface area (TPSA) is 56.6 Å². The van der Waals surface area contributed by atoms with E-state index in [2.05, 4.69) is 17.9 Å². The summed E-state index contributed by atoms with van der Waals surface area (Å²) in [6.07, 6.45) is 8.64. The highest BCUT2D eigenvalue weighted by atomic mass is 16.5. The van der Waals surface area contributed by atoms with Crippen LogP contribution < -0.4 is 4.74 Å². The van der Waals surface area contributed by atoms with Crippen LogP contribution in [0.2, 0.25) is 0 Å². The zero-order valence-corrected chi connectivity index (χ0v) is 18.2. The molecule has 1 atom stereocenters. The highest BCUT2D eigenvalue weighted by Gasteiger charge is 2.28. The van der Waals surface area contributed by atoms with Crippen molar-refractivity contribution in [2.24, 2.45) is 0 Å². The lowest BCUT2D eigenvalue weighted by atomic mass is 10.1. The predicted octanol–water partition coefficient (Wildman–Crippen LogP) is 3.73. The molecule has 1 aliphatic rings. The Morgan fingerprint density at radius 3 is 2.88 bits per heavy atom. The number of ether oxygens (including phenoxy) is 2. The first-order valence-electron chi connectivity index (χ1n) is 10.9. The van der Waals surface area contributed by atoms with Crippen molar-refractivity contribution in [3.05, 3.63) is 77.6 Å². The molecule has 1 unspecified atom stereocenters. The third-order valence-electron chi connectivity index (χ3n) is 5.45. The van der Waals surface area contributed by atoms with E-state index in [1.807, 2.05) is 64.2 Å². The molecule has 1 saturated heterocycles. The number of benzene rings is 2. The molecule has 2 heterocycles. The molecule has 2 aromatic carbocycles. The smallest absolute Gasteiger partial charge is 0.257 e. The average molecular weight is 430 g/mol. The number of carbonyl (C=O) groups excluding carboxylic acids is 1. The summed E-state index contributed by atoms with van der Waals surface area (Å²) in [6, 6.07) is 17.3. The Kier molecular flexibility index (Phi) is 6.88. The quantitative estimate of drug-likeness (QED) is 0.537. The zero-order valence-electron chi connectivity index (χ0n) is 18.2. The van der Waals surface area contributed by atoms with Crippen LogP contribution in [0.15, 0.2) is 60.8 Å². The largest absolute Gasteiger partial charge is 0.491 e. The Bertz CT molecular complexity index is 1100. The van der Waals surface area contributed by atoms with Crippen LogP contribution in [0.4, 0.5) is 0 Å². The molecule has 1 aliphatic heterocycles. The van der Waals surface area contributed by atoms with Gasteiger partial charge in [-0.25, -0.2) is 4.68 Å². The van der Waals surface area contributed by atoms with Gasteiger partial charge in [-0.15, -0.1) is 6.42 Å². The minimum atomic E-state index is -0.207. The van der Waals surface area contributed by atoms with E-state index in [4.69, 9.17) is 15.9 Å². The van der Waals surface area contributed by atoms with Crippen LogP contribution in [0, 0.1) is 12.3 Å². The van der Waals surface area contributed by atoms with E-state index in [9.17, 15) is 4.79 Å². The van der Waals surface area contributed by atoms with Gasteiger partial charge >= 0.3 is 0 Å². The van der Waals surface area contributed by atoms with Gasteiger partial charge < -0.3 is 14.4 Å². The van der Waals surface area contributed by atoms with Crippen LogP contribution in [0.25, 0.3) is 5.69 Å². The van der Waals surface area contributed by atoms with E-state index in [0.29, 0.717) is 37.6 Å². The van der Waals surface area contributed by atoms with Gasteiger partial charge in [0, 0.05) is 12.1 Å². The molecule has 4 rings (SSSR count). The minimum absolute atomic E-state index is 0.0155. The van der Waals surface area contributed by atoms with E-state index in [-0.39, 0.29) is 12.0 Å². The van der Waals surface area contributed by atoms with Crippen LogP contribution in [0.1, 0.15) is 35.0 Å². The van der Waals surface area contributed by atoms with E-state index in [0.717, 1.165) is 29.8 Å². The summed E-state index contributed by atoms with van der Waals surface area (Å²) < 4.78 is 13.6. The third-order valence-corrected chi connectivity index (χ3v) is 5.45. The van der Waals surface area contributed by atoms with Gasteiger partial charge in [0.05, 0.1) is 36.3 Å². The van der Waals surface area contributed by atoms with Crippen molar-refractivity contribution in [1.29, 1.82) is 0 Å². The molecular weight excluding hydrogens is 402 g/mol. The lowest BCUT2D eigenvalue weighted by Crippen LogP contribution is -2.47. The predicted molar refractivity (Wildman–Crippen MR) is 123 cm³/mol. The molecule has 32 heavy (non-hydrogen) atoms. The van der Waals surface area contributed by atoms with Gasteiger partial charge in [-0.3, -0.25) is 4.79 Å². The minimum Gasteiger partial charge on any atom is -0.491 e. The maximum absolute atomic E-state index is 13.4. The van der Waals surface area contributed by atoms with E-state index in [1.165, 1.54) is 0 Å². The average Bonchev–Trinajstić information content (AvgIpc) is 3.27. The number of carbonyl (C=O) groups is 1. The van der Waals surface area contributed by atoms with Gasteiger partial charge in [-0.05, 0) is 36.8 Å². The van der Waals surface area contributed by atoms with E-state index < -0.39 is 0 Å². The fourth-order valence-corrected chi connectivity index (χ4v) is 3.86.